The quantitative estimate of drug-likeness (QED) is 0.841. The zero-order chi connectivity index (χ0) is 13.8. The maximum Gasteiger partial charge on any atom is 0.261 e. The van der Waals surface area contributed by atoms with Crippen molar-refractivity contribution in [2.75, 3.05) is 13.1 Å². The average molecular weight is 292 g/mol. The van der Waals surface area contributed by atoms with E-state index in [9.17, 15) is 4.79 Å². The zero-order valence-corrected chi connectivity index (χ0v) is 12.9. The van der Waals surface area contributed by atoms with Gasteiger partial charge in [-0.05, 0) is 56.7 Å². The first-order valence-electron chi connectivity index (χ1n) is 7.96. The van der Waals surface area contributed by atoms with Crippen LogP contribution in [-0.2, 0) is 12.8 Å². The third-order valence-corrected chi connectivity index (χ3v) is 5.63. The van der Waals surface area contributed by atoms with Crippen LogP contribution >= 0.6 is 11.3 Å². The zero-order valence-electron chi connectivity index (χ0n) is 12.0. The van der Waals surface area contributed by atoms with Crippen LogP contribution in [0.3, 0.4) is 0 Å². The van der Waals surface area contributed by atoms with Gasteiger partial charge < -0.3 is 10.6 Å². The molecule has 2 N–H and O–H groups in total. The standard InChI is InChI=1S/C16H24N2OS/c19-16(18-11-13-7-4-5-9-17-13)15-10-12-6-2-1-3-8-14(12)20-15/h10,13,17H,1-9,11H2,(H,18,19). The second-order valence-electron chi connectivity index (χ2n) is 5.98. The van der Waals surface area contributed by atoms with Crippen LogP contribution < -0.4 is 10.6 Å². The van der Waals surface area contributed by atoms with Crippen LogP contribution in [-0.4, -0.2) is 25.0 Å². The molecule has 20 heavy (non-hydrogen) atoms. The van der Waals surface area contributed by atoms with E-state index in [0.717, 1.165) is 30.8 Å². The molecule has 1 aromatic rings. The molecule has 1 unspecified atom stereocenters. The SMILES string of the molecule is O=C(NCC1CCCCN1)c1cc2c(s1)CCCCC2. The van der Waals surface area contributed by atoms with Gasteiger partial charge in [-0.2, -0.15) is 0 Å². The molecule has 1 fully saturated rings. The Morgan fingerprint density at radius 1 is 1.25 bits per heavy atom. The number of rotatable bonds is 3. The van der Waals surface area contributed by atoms with Crippen molar-refractivity contribution in [3.8, 4) is 0 Å². The second kappa shape index (κ2) is 6.72. The molecule has 3 rings (SSSR count). The van der Waals surface area contributed by atoms with Gasteiger partial charge in [0.2, 0.25) is 0 Å². The first-order valence-corrected chi connectivity index (χ1v) is 8.78. The molecule has 1 saturated heterocycles. The summed E-state index contributed by atoms with van der Waals surface area (Å²) in [6.07, 6.45) is 9.93. The van der Waals surface area contributed by atoms with Gasteiger partial charge in [-0.1, -0.05) is 12.8 Å². The summed E-state index contributed by atoms with van der Waals surface area (Å²) < 4.78 is 0. The van der Waals surface area contributed by atoms with Crippen molar-refractivity contribution < 1.29 is 4.79 Å². The molecule has 1 atom stereocenters. The summed E-state index contributed by atoms with van der Waals surface area (Å²) in [6.45, 7) is 1.86. The topological polar surface area (TPSA) is 41.1 Å². The molecule has 2 aliphatic rings. The van der Waals surface area contributed by atoms with Crippen molar-refractivity contribution in [3.63, 3.8) is 0 Å². The Bertz CT molecular complexity index is 440. The molecule has 1 amide bonds. The van der Waals surface area contributed by atoms with Crippen LogP contribution in [0, 0.1) is 0 Å². The molecule has 4 heteroatoms. The van der Waals surface area contributed by atoms with Crippen LogP contribution in [0.25, 0.3) is 0 Å². The van der Waals surface area contributed by atoms with Gasteiger partial charge in [0.05, 0.1) is 4.88 Å². The summed E-state index contributed by atoms with van der Waals surface area (Å²) in [5.41, 5.74) is 1.42. The molecule has 110 valence electrons. The van der Waals surface area contributed by atoms with Crippen LogP contribution in [0.2, 0.25) is 0 Å². The molecule has 1 aliphatic carbocycles. The molecule has 0 saturated carbocycles. The van der Waals surface area contributed by atoms with E-state index in [-0.39, 0.29) is 5.91 Å². The molecule has 0 bridgehead atoms. The summed E-state index contributed by atoms with van der Waals surface area (Å²) >= 11 is 1.71. The maximum atomic E-state index is 12.3. The van der Waals surface area contributed by atoms with E-state index in [1.807, 2.05) is 0 Å². The summed E-state index contributed by atoms with van der Waals surface area (Å²) in [6, 6.07) is 2.60. The highest BCUT2D eigenvalue weighted by Gasteiger charge is 2.18. The molecule has 0 radical (unpaired) electrons. The highest BCUT2D eigenvalue weighted by Crippen LogP contribution is 2.28. The van der Waals surface area contributed by atoms with E-state index >= 15 is 0 Å². The highest BCUT2D eigenvalue weighted by atomic mass is 32.1. The van der Waals surface area contributed by atoms with Crippen molar-refractivity contribution >= 4 is 17.2 Å². The Morgan fingerprint density at radius 3 is 3.00 bits per heavy atom. The highest BCUT2D eigenvalue weighted by molar-refractivity contribution is 7.14. The minimum atomic E-state index is 0.121. The predicted octanol–water partition coefficient (Wildman–Crippen LogP) is 2.89. The number of carbonyl (C=O) groups is 1. The van der Waals surface area contributed by atoms with Crippen molar-refractivity contribution in [2.24, 2.45) is 0 Å². The number of hydrogen-bond donors (Lipinski definition) is 2. The largest absolute Gasteiger partial charge is 0.350 e. The fourth-order valence-electron chi connectivity index (χ4n) is 3.18. The number of aryl methyl sites for hydroxylation is 2. The fraction of sp³-hybridized carbons (Fsp3) is 0.688. The van der Waals surface area contributed by atoms with Gasteiger partial charge in [-0.3, -0.25) is 4.79 Å². The lowest BCUT2D eigenvalue weighted by Gasteiger charge is -2.23. The number of amides is 1. The molecule has 1 aliphatic heterocycles. The maximum absolute atomic E-state index is 12.3. The molecular formula is C16H24N2OS. The molecule has 1 aromatic heterocycles. The number of piperidine rings is 1. The number of thiophene rings is 1. The van der Waals surface area contributed by atoms with Crippen LogP contribution in [0.15, 0.2) is 6.07 Å². The van der Waals surface area contributed by atoms with Gasteiger partial charge in [0.15, 0.2) is 0 Å². The van der Waals surface area contributed by atoms with Gasteiger partial charge in [-0.25, -0.2) is 0 Å². The van der Waals surface area contributed by atoms with Crippen molar-refractivity contribution in [3.05, 3.63) is 21.4 Å². The Labute approximate surface area is 125 Å². The summed E-state index contributed by atoms with van der Waals surface area (Å²) in [5.74, 6) is 0.121. The fourth-order valence-corrected chi connectivity index (χ4v) is 4.35. The number of fused-ring (bicyclic) bond motifs is 1. The van der Waals surface area contributed by atoms with Gasteiger partial charge in [-0.15, -0.1) is 11.3 Å². The van der Waals surface area contributed by atoms with Crippen molar-refractivity contribution in [1.82, 2.24) is 10.6 Å². The molecule has 2 heterocycles. The molecule has 3 nitrogen and oxygen atoms in total. The summed E-state index contributed by atoms with van der Waals surface area (Å²) in [5, 5.41) is 6.57. The lowest BCUT2D eigenvalue weighted by atomic mass is 10.1. The molecular weight excluding hydrogens is 268 g/mol. The smallest absolute Gasteiger partial charge is 0.261 e. The Kier molecular flexibility index (Phi) is 4.73. The van der Waals surface area contributed by atoms with Gasteiger partial charge in [0.25, 0.3) is 5.91 Å². The van der Waals surface area contributed by atoms with E-state index < -0.39 is 0 Å². The molecule has 0 spiro atoms. The van der Waals surface area contributed by atoms with E-state index in [1.54, 1.807) is 11.3 Å². The Hall–Kier alpha value is -0.870. The second-order valence-corrected chi connectivity index (χ2v) is 7.11. The van der Waals surface area contributed by atoms with Crippen molar-refractivity contribution in [1.29, 1.82) is 0 Å². The average Bonchev–Trinajstić information content (AvgIpc) is 2.77. The van der Waals surface area contributed by atoms with Crippen LogP contribution in [0.4, 0.5) is 0 Å². The van der Waals surface area contributed by atoms with E-state index in [1.165, 1.54) is 49.0 Å². The third kappa shape index (κ3) is 3.41. The third-order valence-electron chi connectivity index (χ3n) is 4.39. The summed E-state index contributed by atoms with van der Waals surface area (Å²) in [7, 11) is 0. The first-order chi connectivity index (χ1) is 9.83. The number of hydrogen-bond acceptors (Lipinski definition) is 3. The van der Waals surface area contributed by atoms with E-state index in [2.05, 4.69) is 16.7 Å². The Morgan fingerprint density at radius 2 is 2.15 bits per heavy atom. The summed E-state index contributed by atoms with van der Waals surface area (Å²) in [4.78, 5) is 14.6. The van der Waals surface area contributed by atoms with E-state index in [0.29, 0.717) is 6.04 Å². The number of nitrogens with one attached hydrogen (secondary N) is 2. The minimum absolute atomic E-state index is 0.121. The first kappa shape index (κ1) is 14.1. The van der Waals surface area contributed by atoms with Crippen LogP contribution in [0.5, 0.6) is 0 Å². The minimum Gasteiger partial charge on any atom is -0.350 e. The van der Waals surface area contributed by atoms with Gasteiger partial charge in [0, 0.05) is 17.5 Å². The predicted molar refractivity (Wildman–Crippen MR) is 83.6 cm³/mol. The lowest BCUT2D eigenvalue weighted by Crippen LogP contribution is -2.43. The Balaban J connectivity index is 1.56. The van der Waals surface area contributed by atoms with Crippen molar-refractivity contribution in [2.45, 2.75) is 57.4 Å². The molecule has 0 aromatic carbocycles. The monoisotopic (exact) mass is 292 g/mol. The van der Waals surface area contributed by atoms with Crippen LogP contribution in [0.1, 0.15) is 58.6 Å². The lowest BCUT2D eigenvalue weighted by molar-refractivity contribution is 0.0952. The van der Waals surface area contributed by atoms with E-state index in [4.69, 9.17) is 0 Å². The van der Waals surface area contributed by atoms with Gasteiger partial charge in [0.1, 0.15) is 0 Å². The van der Waals surface area contributed by atoms with Gasteiger partial charge >= 0.3 is 0 Å². The number of carbonyl (C=O) groups excluding carboxylic acids is 1. The normalized spacial score (nSPS) is 22.9.